The van der Waals surface area contributed by atoms with Crippen LogP contribution in [-0.4, -0.2) is 33.1 Å². The number of thiophene rings is 1. The summed E-state index contributed by atoms with van der Waals surface area (Å²) in [5.74, 6) is 0.725. The lowest BCUT2D eigenvalue weighted by Crippen LogP contribution is -2.07. The van der Waals surface area contributed by atoms with Gasteiger partial charge in [-0.15, -0.1) is 21.5 Å². The highest BCUT2D eigenvalue weighted by Gasteiger charge is 2.28. The molecule has 1 fully saturated rings. The molecule has 5 nitrogen and oxygen atoms in total. The van der Waals surface area contributed by atoms with Crippen molar-refractivity contribution in [2.75, 3.05) is 12.4 Å². The predicted octanol–water partition coefficient (Wildman–Crippen LogP) is 3.93. The number of halogens is 1. The van der Waals surface area contributed by atoms with Crippen LogP contribution in [0.2, 0.25) is 0 Å². The minimum absolute atomic E-state index is 0.235. The first-order valence-corrected chi connectivity index (χ1v) is 9.69. The van der Waals surface area contributed by atoms with Crippen LogP contribution in [0.15, 0.2) is 16.0 Å². The standard InChI is InChI=1S/C14H16BrN3O2S2/c1-3-20-11(19)7-21-14-17-16-13(15)18(14)10-6-8(2)12(22-10)9-4-5-9/h6,9H,3-5,7H2,1-2H3. The maximum absolute atomic E-state index is 11.5. The van der Waals surface area contributed by atoms with Gasteiger partial charge in [-0.1, -0.05) is 11.8 Å². The summed E-state index contributed by atoms with van der Waals surface area (Å²) in [6.45, 7) is 4.34. The Morgan fingerprint density at radius 1 is 1.55 bits per heavy atom. The van der Waals surface area contributed by atoms with Crippen molar-refractivity contribution in [2.24, 2.45) is 0 Å². The van der Waals surface area contributed by atoms with Gasteiger partial charge in [0.05, 0.1) is 12.4 Å². The molecule has 0 bridgehead atoms. The van der Waals surface area contributed by atoms with E-state index in [0.717, 1.165) is 10.9 Å². The highest BCUT2D eigenvalue weighted by Crippen LogP contribution is 2.46. The number of carbonyl (C=O) groups excluding carboxylic acids is 1. The van der Waals surface area contributed by atoms with Gasteiger partial charge in [-0.2, -0.15) is 0 Å². The summed E-state index contributed by atoms with van der Waals surface area (Å²) >= 11 is 6.57. The van der Waals surface area contributed by atoms with Crippen molar-refractivity contribution in [1.29, 1.82) is 0 Å². The summed E-state index contributed by atoms with van der Waals surface area (Å²) in [4.78, 5) is 13.0. The molecule has 2 aromatic rings. The van der Waals surface area contributed by atoms with Crippen molar-refractivity contribution in [1.82, 2.24) is 14.8 Å². The van der Waals surface area contributed by atoms with E-state index in [-0.39, 0.29) is 11.7 Å². The predicted molar refractivity (Wildman–Crippen MR) is 91.0 cm³/mol. The zero-order valence-electron chi connectivity index (χ0n) is 12.3. The zero-order valence-corrected chi connectivity index (χ0v) is 15.6. The lowest BCUT2D eigenvalue weighted by molar-refractivity contribution is -0.139. The third-order valence-electron chi connectivity index (χ3n) is 3.33. The fourth-order valence-corrected chi connectivity index (χ4v) is 5.02. The molecule has 0 N–H and O–H groups in total. The summed E-state index contributed by atoms with van der Waals surface area (Å²) < 4.78 is 7.56. The number of ether oxygens (including phenoxy) is 1. The number of thioether (sulfide) groups is 1. The van der Waals surface area contributed by atoms with Crippen molar-refractivity contribution in [2.45, 2.75) is 37.8 Å². The summed E-state index contributed by atoms with van der Waals surface area (Å²) in [5, 5.41) is 10.0. The van der Waals surface area contributed by atoms with E-state index in [1.54, 1.807) is 18.3 Å². The molecule has 2 aromatic heterocycles. The smallest absolute Gasteiger partial charge is 0.316 e. The van der Waals surface area contributed by atoms with Crippen molar-refractivity contribution in [3.63, 3.8) is 0 Å². The van der Waals surface area contributed by atoms with E-state index >= 15 is 0 Å². The van der Waals surface area contributed by atoms with Gasteiger partial charge in [0, 0.05) is 4.88 Å². The normalized spacial score (nSPS) is 14.3. The van der Waals surface area contributed by atoms with E-state index in [1.807, 2.05) is 4.57 Å². The number of aryl methyl sites for hydroxylation is 1. The number of nitrogens with zero attached hydrogens (tertiary/aromatic N) is 3. The summed E-state index contributed by atoms with van der Waals surface area (Å²) in [7, 11) is 0. The molecule has 0 unspecified atom stereocenters. The molecule has 0 spiro atoms. The second kappa shape index (κ2) is 6.72. The average Bonchev–Trinajstić information content (AvgIpc) is 3.15. The number of carbonyl (C=O) groups is 1. The molecule has 0 saturated heterocycles. The molecule has 8 heteroatoms. The van der Waals surface area contributed by atoms with Gasteiger partial charge in [0.25, 0.3) is 0 Å². The monoisotopic (exact) mass is 401 g/mol. The first-order chi connectivity index (χ1) is 10.6. The first-order valence-electron chi connectivity index (χ1n) is 7.10. The molecule has 0 aromatic carbocycles. The molecule has 22 heavy (non-hydrogen) atoms. The van der Waals surface area contributed by atoms with Crippen LogP contribution in [0, 0.1) is 6.92 Å². The SMILES string of the molecule is CCOC(=O)CSc1nnc(Br)n1-c1cc(C)c(C2CC2)s1. The molecule has 118 valence electrons. The lowest BCUT2D eigenvalue weighted by atomic mass is 10.2. The van der Waals surface area contributed by atoms with Crippen LogP contribution in [0.4, 0.5) is 0 Å². The lowest BCUT2D eigenvalue weighted by Gasteiger charge is -2.04. The maximum Gasteiger partial charge on any atom is 0.316 e. The number of rotatable bonds is 6. The second-order valence-electron chi connectivity index (χ2n) is 5.09. The molecule has 1 aliphatic rings. The van der Waals surface area contributed by atoms with Gasteiger partial charge in [-0.05, 0) is 60.2 Å². The Labute approximate surface area is 145 Å². The molecule has 0 atom stereocenters. The number of hydrogen-bond acceptors (Lipinski definition) is 6. The minimum Gasteiger partial charge on any atom is -0.465 e. The van der Waals surface area contributed by atoms with Crippen molar-refractivity contribution < 1.29 is 9.53 Å². The van der Waals surface area contributed by atoms with Crippen LogP contribution in [0.25, 0.3) is 5.00 Å². The van der Waals surface area contributed by atoms with Gasteiger partial charge < -0.3 is 4.74 Å². The molecule has 0 radical (unpaired) electrons. The number of aromatic nitrogens is 3. The molecule has 0 amide bonds. The van der Waals surface area contributed by atoms with Crippen LogP contribution in [0.5, 0.6) is 0 Å². The van der Waals surface area contributed by atoms with Crippen LogP contribution in [-0.2, 0) is 9.53 Å². The Balaban J connectivity index is 1.82. The van der Waals surface area contributed by atoms with E-state index in [4.69, 9.17) is 4.74 Å². The third kappa shape index (κ3) is 3.38. The maximum atomic E-state index is 11.5. The van der Waals surface area contributed by atoms with Gasteiger partial charge in [-0.3, -0.25) is 9.36 Å². The molecule has 2 heterocycles. The van der Waals surface area contributed by atoms with Gasteiger partial charge in [0.2, 0.25) is 4.73 Å². The van der Waals surface area contributed by atoms with E-state index in [0.29, 0.717) is 16.5 Å². The average molecular weight is 402 g/mol. The van der Waals surface area contributed by atoms with E-state index in [9.17, 15) is 4.79 Å². The molecule has 0 aliphatic heterocycles. The Morgan fingerprint density at radius 3 is 3.00 bits per heavy atom. The van der Waals surface area contributed by atoms with Crippen LogP contribution in [0.3, 0.4) is 0 Å². The largest absolute Gasteiger partial charge is 0.465 e. The summed E-state index contributed by atoms with van der Waals surface area (Å²) in [6, 6.07) is 2.17. The molecular weight excluding hydrogens is 386 g/mol. The van der Waals surface area contributed by atoms with Gasteiger partial charge >= 0.3 is 5.97 Å². The molecule has 3 rings (SSSR count). The van der Waals surface area contributed by atoms with Crippen molar-refractivity contribution >= 4 is 45.0 Å². The third-order valence-corrected chi connectivity index (χ3v) is 6.13. The van der Waals surface area contributed by atoms with Crippen molar-refractivity contribution in [3.8, 4) is 5.00 Å². The minimum atomic E-state index is -0.237. The Bertz CT molecular complexity index is 694. The highest BCUT2D eigenvalue weighted by molar-refractivity contribution is 9.10. The quantitative estimate of drug-likeness (QED) is 0.541. The Hall–Kier alpha value is -0.860. The van der Waals surface area contributed by atoms with Crippen molar-refractivity contribution in [3.05, 3.63) is 21.2 Å². The van der Waals surface area contributed by atoms with Gasteiger partial charge in [-0.25, -0.2) is 0 Å². The van der Waals surface area contributed by atoms with E-state index < -0.39 is 0 Å². The number of esters is 1. The fraction of sp³-hybridized carbons (Fsp3) is 0.500. The summed E-state index contributed by atoms with van der Waals surface area (Å²) in [5.41, 5.74) is 1.32. The summed E-state index contributed by atoms with van der Waals surface area (Å²) in [6.07, 6.45) is 2.57. The van der Waals surface area contributed by atoms with Crippen LogP contribution < -0.4 is 0 Å². The number of hydrogen-bond donors (Lipinski definition) is 0. The highest BCUT2D eigenvalue weighted by atomic mass is 79.9. The molecule has 1 aliphatic carbocycles. The van der Waals surface area contributed by atoms with Crippen LogP contribution in [0.1, 0.15) is 36.1 Å². The fourth-order valence-electron chi connectivity index (χ4n) is 2.20. The van der Waals surface area contributed by atoms with E-state index in [2.05, 4.69) is 39.1 Å². The second-order valence-corrected chi connectivity index (χ2v) is 7.80. The molecular formula is C14H16BrN3O2S2. The van der Waals surface area contributed by atoms with Crippen LogP contribution >= 0.6 is 39.0 Å². The zero-order chi connectivity index (χ0) is 15.7. The van der Waals surface area contributed by atoms with Gasteiger partial charge in [0.1, 0.15) is 5.00 Å². The first kappa shape index (κ1) is 16.0. The topological polar surface area (TPSA) is 57.0 Å². The molecule has 1 saturated carbocycles. The van der Waals surface area contributed by atoms with E-state index in [1.165, 1.54) is 35.0 Å². The Kier molecular flexibility index (Phi) is 4.89. The van der Waals surface area contributed by atoms with Gasteiger partial charge in [0.15, 0.2) is 5.16 Å². The Morgan fingerprint density at radius 2 is 2.32 bits per heavy atom.